The number of rotatable bonds is 9. The number of carbonyl (C=O) groups is 1. The Morgan fingerprint density at radius 2 is 1.92 bits per heavy atom. The van der Waals surface area contributed by atoms with E-state index in [0.29, 0.717) is 18.8 Å². The maximum atomic E-state index is 12.6. The molecule has 1 N–H and O–H groups in total. The molecule has 1 atom stereocenters. The third-order valence-electron chi connectivity index (χ3n) is 4.09. The second kappa shape index (κ2) is 9.84. The quantitative estimate of drug-likeness (QED) is 0.683. The number of methoxy groups -OCH3 is 1. The lowest BCUT2D eigenvalue weighted by atomic mass is 10.1. The van der Waals surface area contributed by atoms with Crippen LogP contribution in [0.1, 0.15) is 54.2 Å². The Hall–Kier alpha value is -2.33. The van der Waals surface area contributed by atoms with E-state index in [1.165, 1.54) is 0 Å². The fourth-order valence-corrected chi connectivity index (χ4v) is 2.57. The summed E-state index contributed by atoms with van der Waals surface area (Å²) in [6.45, 7) is 5.26. The van der Waals surface area contributed by atoms with Crippen molar-refractivity contribution in [3.8, 4) is 5.75 Å². The summed E-state index contributed by atoms with van der Waals surface area (Å²) in [5.74, 6) is 0.637. The summed E-state index contributed by atoms with van der Waals surface area (Å²) in [5, 5.41) is 3.03. The number of hydrogen-bond donors (Lipinski definition) is 1. The predicted molar refractivity (Wildman–Crippen MR) is 99.9 cm³/mol. The van der Waals surface area contributed by atoms with E-state index in [1.54, 1.807) is 13.2 Å². The molecule has 0 spiro atoms. The van der Waals surface area contributed by atoms with Crippen LogP contribution in [0.5, 0.6) is 5.75 Å². The number of benzene rings is 2. The average Bonchev–Trinajstić information content (AvgIpc) is 2.65. The highest BCUT2D eigenvalue weighted by Gasteiger charge is 2.13. The Labute approximate surface area is 150 Å². The van der Waals surface area contributed by atoms with Gasteiger partial charge in [0.2, 0.25) is 0 Å². The van der Waals surface area contributed by atoms with Crippen LogP contribution in [0.4, 0.5) is 0 Å². The first-order chi connectivity index (χ1) is 12.2. The zero-order chi connectivity index (χ0) is 18.1. The highest BCUT2D eigenvalue weighted by molar-refractivity contribution is 5.94. The van der Waals surface area contributed by atoms with Crippen LogP contribution in [0.25, 0.3) is 0 Å². The van der Waals surface area contributed by atoms with Crippen LogP contribution >= 0.6 is 0 Å². The lowest BCUT2D eigenvalue weighted by molar-refractivity contribution is 0.0938. The minimum absolute atomic E-state index is 0.0555. The Bertz CT molecular complexity index is 670. The summed E-state index contributed by atoms with van der Waals surface area (Å²) in [6.07, 6.45) is 2.12. The molecule has 4 nitrogen and oxygen atoms in total. The normalized spacial score (nSPS) is 11.8. The molecule has 0 aromatic heterocycles. The van der Waals surface area contributed by atoms with Gasteiger partial charge in [-0.15, -0.1) is 0 Å². The van der Waals surface area contributed by atoms with Crippen LogP contribution in [-0.4, -0.2) is 19.6 Å². The summed E-state index contributed by atoms with van der Waals surface area (Å²) in [6, 6.07) is 15.3. The summed E-state index contributed by atoms with van der Waals surface area (Å²) in [7, 11) is 1.63. The molecular formula is C21H27NO3. The molecule has 0 saturated carbocycles. The van der Waals surface area contributed by atoms with Gasteiger partial charge in [-0.25, -0.2) is 0 Å². The topological polar surface area (TPSA) is 47.6 Å². The van der Waals surface area contributed by atoms with Crippen molar-refractivity contribution in [2.24, 2.45) is 0 Å². The molecule has 1 unspecified atom stereocenters. The lowest BCUT2D eigenvalue weighted by Gasteiger charge is -2.16. The number of amides is 1. The Kier molecular flexibility index (Phi) is 7.48. The van der Waals surface area contributed by atoms with Gasteiger partial charge in [0.1, 0.15) is 5.75 Å². The van der Waals surface area contributed by atoms with Crippen LogP contribution in [0.2, 0.25) is 0 Å². The fraction of sp³-hybridized carbons (Fsp3) is 0.381. The van der Waals surface area contributed by atoms with Crippen molar-refractivity contribution >= 4 is 5.91 Å². The second-order valence-corrected chi connectivity index (χ2v) is 6.04. The molecule has 134 valence electrons. The van der Waals surface area contributed by atoms with Crippen molar-refractivity contribution in [2.75, 3.05) is 13.7 Å². The van der Waals surface area contributed by atoms with E-state index in [2.05, 4.69) is 12.2 Å². The highest BCUT2D eigenvalue weighted by Crippen LogP contribution is 2.22. The molecule has 2 aromatic rings. The number of carbonyl (C=O) groups excluding carboxylic acids is 1. The van der Waals surface area contributed by atoms with Crippen molar-refractivity contribution in [3.05, 3.63) is 65.2 Å². The largest absolute Gasteiger partial charge is 0.496 e. The van der Waals surface area contributed by atoms with Crippen LogP contribution < -0.4 is 10.1 Å². The van der Waals surface area contributed by atoms with Gasteiger partial charge in [0.15, 0.2) is 0 Å². The molecule has 0 radical (unpaired) electrons. The minimum Gasteiger partial charge on any atom is -0.496 e. The van der Waals surface area contributed by atoms with E-state index in [-0.39, 0.29) is 11.9 Å². The van der Waals surface area contributed by atoms with Crippen LogP contribution in [0, 0.1) is 0 Å². The summed E-state index contributed by atoms with van der Waals surface area (Å²) >= 11 is 0. The molecule has 2 rings (SSSR count). The Morgan fingerprint density at radius 3 is 2.60 bits per heavy atom. The van der Waals surface area contributed by atoms with E-state index >= 15 is 0 Å². The first-order valence-electron chi connectivity index (χ1n) is 8.76. The molecule has 0 aliphatic carbocycles. The van der Waals surface area contributed by atoms with Gasteiger partial charge >= 0.3 is 0 Å². The van der Waals surface area contributed by atoms with Crippen LogP contribution in [-0.2, 0) is 11.3 Å². The van der Waals surface area contributed by atoms with E-state index in [9.17, 15) is 4.79 Å². The number of nitrogens with one attached hydrogen (secondary N) is 1. The average molecular weight is 341 g/mol. The van der Waals surface area contributed by atoms with Gasteiger partial charge in [0.25, 0.3) is 5.91 Å². The second-order valence-electron chi connectivity index (χ2n) is 6.04. The maximum Gasteiger partial charge on any atom is 0.251 e. The van der Waals surface area contributed by atoms with Crippen LogP contribution in [0.15, 0.2) is 48.5 Å². The van der Waals surface area contributed by atoms with Crippen molar-refractivity contribution < 1.29 is 14.3 Å². The molecule has 2 aromatic carbocycles. The van der Waals surface area contributed by atoms with E-state index in [0.717, 1.165) is 29.7 Å². The van der Waals surface area contributed by atoms with Gasteiger partial charge < -0.3 is 14.8 Å². The smallest absolute Gasteiger partial charge is 0.251 e. The van der Waals surface area contributed by atoms with E-state index in [1.807, 2.05) is 49.4 Å². The molecule has 25 heavy (non-hydrogen) atoms. The number of ether oxygens (including phenoxy) is 2. The van der Waals surface area contributed by atoms with Gasteiger partial charge in [-0.3, -0.25) is 4.79 Å². The number of unbranched alkanes of at least 4 members (excludes halogenated alkanes) is 1. The van der Waals surface area contributed by atoms with E-state index < -0.39 is 0 Å². The molecule has 0 aliphatic heterocycles. The van der Waals surface area contributed by atoms with Crippen molar-refractivity contribution in [1.29, 1.82) is 0 Å². The molecule has 0 heterocycles. The highest BCUT2D eigenvalue weighted by atomic mass is 16.5. The van der Waals surface area contributed by atoms with Crippen molar-refractivity contribution in [2.45, 2.75) is 39.3 Å². The zero-order valence-electron chi connectivity index (χ0n) is 15.2. The maximum absolute atomic E-state index is 12.6. The van der Waals surface area contributed by atoms with Gasteiger partial charge in [0.05, 0.1) is 19.8 Å². The van der Waals surface area contributed by atoms with Gasteiger partial charge in [-0.2, -0.15) is 0 Å². The minimum atomic E-state index is -0.103. The van der Waals surface area contributed by atoms with Gasteiger partial charge in [-0.05, 0) is 37.1 Å². The first kappa shape index (κ1) is 19.0. The fourth-order valence-electron chi connectivity index (χ4n) is 2.57. The summed E-state index contributed by atoms with van der Waals surface area (Å²) in [4.78, 5) is 12.6. The Morgan fingerprint density at radius 1 is 1.16 bits per heavy atom. The van der Waals surface area contributed by atoms with Crippen molar-refractivity contribution in [1.82, 2.24) is 5.32 Å². The predicted octanol–water partition coefficient (Wildman–Crippen LogP) is 4.50. The third kappa shape index (κ3) is 5.61. The number of hydrogen-bond acceptors (Lipinski definition) is 3. The van der Waals surface area contributed by atoms with Gasteiger partial charge in [0, 0.05) is 17.7 Å². The summed E-state index contributed by atoms with van der Waals surface area (Å²) in [5.41, 5.74) is 2.57. The molecule has 4 heteroatoms. The standard InChI is InChI=1S/C21H27NO3/c1-4-5-13-25-15-19-14-18(11-12-20(19)24-3)21(23)22-16(2)17-9-7-6-8-10-17/h6-12,14,16H,4-5,13,15H2,1-3H3,(H,22,23). The van der Waals surface area contributed by atoms with Crippen molar-refractivity contribution in [3.63, 3.8) is 0 Å². The molecule has 0 fully saturated rings. The molecular weight excluding hydrogens is 314 g/mol. The van der Waals surface area contributed by atoms with E-state index in [4.69, 9.17) is 9.47 Å². The molecule has 0 saturated heterocycles. The lowest BCUT2D eigenvalue weighted by Crippen LogP contribution is -2.26. The molecule has 0 bridgehead atoms. The Balaban J connectivity index is 2.06. The monoisotopic (exact) mass is 341 g/mol. The first-order valence-corrected chi connectivity index (χ1v) is 8.76. The summed E-state index contributed by atoms with van der Waals surface area (Å²) < 4.78 is 11.1. The van der Waals surface area contributed by atoms with Crippen LogP contribution in [0.3, 0.4) is 0 Å². The molecule has 1 amide bonds. The van der Waals surface area contributed by atoms with Gasteiger partial charge in [-0.1, -0.05) is 43.7 Å². The SMILES string of the molecule is CCCCOCc1cc(C(=O)NC(C)c2ccccc2)ccc1OC. The zero-order valence-corrected chi connectivity index (χ0v) is 15.2. The third-order valence-corrected chi connectivity index (χ3v) is 4.09. The molecule has 0 aliphatic rings.